The molecule has 184 valence electrons. The second-order valence-electron chi connectivity index (χ2n) is 8.12. The van der Waals surface area contributed by atoms with Crippen molar-refractivity contribution in [2.24, 2.45) is 11.7 Å². The van der Waals surface area contributed by atoms with Gasteiger partial charge < -0.3 is 31.9 Å². The number of rotatable bonds is 14. The van der Waals surface area contributed by atoms with E-state index in [4.69, 9.17) is 10.8 Å². The first-order valence-electron chi connectivity index (χ1n) is 10.7. The first-order valence-corrected chi connectivity index (χ1v) is 12.1. The van der Waals surface area contributed by atoms with Gasteiger partial charge in [0.15, 0.2) is 0 Å². The zero-order valence-corrected chi connectivity index (χ0v) is 20.0. The van der Waals surface area contributed by atoms with E-state index in [0.717, 1.165) is 0 Å². The normalized spacial score (nSPS) is 13.6. The van der Waals surface area contributed by atoms with Crippen LogP contribution in [0.3, 0.4) is 0 Å². The molecule has 0 bridgehead atoms. The number of aromatic hydroxyl groups is 1. The topological polar surface area (TPSA) is 171 Å². The molecule has 10 nitrogen and oxygen atoms in total. The predicted molar refractivity (Wildman–Crippen MR) is 127 cm³/mol. The lowest BCUT2D eigenvalue weighted by atomic mass is 10.0. The number of phenols is 1. The van der Waals surface area contributed by atoms with Crippen molar-refractivity contribution in [3.63, 3.8) is 0 Å². The molecule has 1 aromatic carbocycles. The molecule has 0 saturated heterocycles. The number of phenolic OH excluding ortho intramolecular Hbond substituents is 1. The zero-order valence-electron chi connectivity index (χ0n) is 19.2. The number of hydrogen-bond donors (Lipinski definition) is 6. The highest BCUT2D eigenvalue weighted by molar-refractivity contribution is 7.98. The van der Waals surface area contributed by atoms with Crippen molar-refractivity contribution in [1.29, 1.82) is 0 Å². The van der Waals surface area contributed by atoms with Crippen LogP contribution >= 0.6 is 11.8 Å². The third kappa shape index (κ3) is 11.1. The van der Waals surface area contributed by atoms with Gasteiger partial charge in [0.25, 0.3) is 0 Å². The van der Waals surface area contributed by atoms with Crippen LogP contribution < -0.4 is 21.7 Å². The van der Waals surface area contributed by atoms with Gasteiger partial charge in [-0.25, -0.2) is 0 Å². The molecule has 0 spiro atoms. The molecule has 3 atom stereocenters. The van der Waals surface area contributed by atoms with E-state index in [2.05, 4.69) is 16.0 Å². The fourth-order valence-corrected chi connectivity index (χ4v) is 3.50. The Morgan fingerprint density at radius 3 is 2.15 bits per heavy atom. The number of carbonyl (C=O) groups excluding carboxylic acids is 3. The summed E-state index contributed by atoms with van der Waals surface area (Å²) < 4.78 is 0. The maximum Gasteiger partial charge on any atom is 0.322 e. The third-order valence-electron chi connectivity index (χ3n) is 4.73. The van der Waals surface area contributed by atoms with Crippen LogP contribution in [0.2, 0.25) is 0 Å². The van der Waals surface area contributed by atoms with Crippen molar-refractivity contribution >= 4 is 35.5 Å². The SMILES string of the molecule is CSCCC(NC(=O)C(Cc1ccc(O)cc1)NC(=O)C(N)CC(C)C)C(=O)NCC(=O)O. The number of nitrogens with one attached hydrogen (secondary N) is 3. The maximum absolute atomic E-state index is 13.1. The maximum atomic E-state index is 13.1. The van der Waals surface area contributed by atoms with E-state index >= 15 is 0 Å². The number of benzene rings is 1. The Morgan fingerprint density at radius 1 is 1.00 bits per heavy atom. The van der Waals surface area contributed by atoms with Gasteiger partial charge in [0.2, 0.25) is 17.7 Å². The lowest BCUT2D eigenvalue weighted by Gasteiger charge is -2.24. The second kappa shape index (κ2) is 14.4. The molecule has 0 fully saturated rings. The molecular weight excluding hydrogens is 448 g/mol. The van der Waals surface area contributed by atoms with Crippen LogP contribution in [0.15, 0.2) is 24.3 Å². The molecule has 1 rings (SSSR count). The van der Waals surface area contributed by atoms with E-state index in [0.29, 0.717) is 17.7 Å². The quantitative estimate of drug-likeness (QED) is 0.219. The minimum Gasteiger partial charge on any atom is -0.508 e. The van der Waals surface area contributed by atoms with Crippen molar-refractivity contribution in [2.75, 3.05) is 18.6 Å². The first kappa shape index (κ1) is 28.2. The summed E-state index contributed by atoms with van der Waals surface area (Å²) in [6, 6.07) is 3.40. The molecule has 0 heterocycles. The molecule has 1 aromatic rings. The molecule has 3 amide bonds. The number of thioether (sulfide) groups is 1. The van der Waals surface area contributed by atoms with Crippen LogP contribution in [0.5, 0.6) is 5.75 Å². The molecular formula is C22H34N4O6S. The molecule has 0 radical (unpaired) electrons. The lowest BCUT2D eigenvalue weighted by molar-refractivity contribution is -0.138. The largest absolute Gasteiger partial charge is 0.508 e. The monoisotopic (exact) mass is 482 g/mol. The van der Waals surface area contributed by atoms with Crippen LogP contribution in [-0.2, 0) is 25.6 Å². The minimum atomic E-state index is -1.20. The molecule has 3 unspecified atom stereocenters. The Bertz CT molecular complexity index is 803. The van der Waals surface area contributed by atoms with E-state index in [1.165, 1.54) is 23.9 Å². The van der Waals surface area contributed by atoms with Crippen molar-refractivity contribution in [3.8, 4) is 5.75 Å². The summed E-state index contributed by atoms with van der Waals surface area (Å²) in [5.41, 5.74) is 6.65. The van der Waals surface area contributed by atoms with Crippen molar-refractivity contribution in [3.05, 3.63) is 29.8 Å². The molecule has 0 aliphatic carbocycles. The summed E-state index contributed by atoms with van der Waals surface area (Å²) in [6.45, 7) is 3.29. The van der Waals surface area contributed by atoms with Crippen LogP contribution in [0.1, 0.15) is 32.3 Å². The minimum absolute atomic E-state index is 0.0648. The number of carboxylic acids is 1. The Morgan fingerprint density at radius 2 is 1.61 bits per heavy atom. The third-order valence-corrected chi connectivity index (χ3v) is 5.37. The number of hydrogen-bond acceptors (Lipinski definition) is 7. The van der Waals surface area contributed by atoms with Gasteiger partial charge in [-0.1, -0.05) is 26.0 Å². The zero-order chi connectivity index (χ0) is 25.0. The molecule has 0 aromatic heterocycles. The summed E-state index contributed by atoms with van der Waals surface area (Å²) in [5.74, 6) is -2.09. The molecule has 0 aliphatic rings. The highest BCUT2D eigenvalue weighted by atomic mass is 32.2. The van der Waals surface area contributed by atoms with E-state index in [1.54, 1.807) is 12.1 Å². The van der Waals surface area contributed by atoms with E-state index < -0.39 is 48.4 Å². The van der Waals surface area contributed by atoms with Crippen molar-refractivity contribution < 1.29 is 29.4 Å². The van der Waals surface area contributed by atoms with Crippen LogP contribution in [-0.4, -0.2) is 70.6 Å². The lowest BCUT2D eigenvalue weighted by Crippen LogP contribution is -2.56. The van der Waals surface area contributed by atoms with Crippen molar-refractivity contribution in [1.82, 2.24) is 16.0 Å². The van der Waals surface area contributed by atoms with Gasteiger partial charge in [0.05, 0.1) is 6.04 Å². The highest BCUT2D eigenvalue weighted by Gasteiger charge is 2.28. The van der Waals surface area contributed by atoms with Crippen LogP contribution in [0.25, 0.3) is 0 Å². The average Bonchev–Trinajstić information content (AvgIpc) is 2.75. The van der Waals surface area contributed by atoms with Crippen molar-refractivity contribution in [2.45, 2.75) is 51.2 Å². The molecule has 7 N–H and O–H groups in total. The van der Waals surface area contributed by atoms with Gasteiger partial charge in [-0.3, -0.25) is 19.2 Å². The second-order valence-corrected chi connectivity index (χ2v) is 9.11. The van der Waals surface area contributed by atoms with Gasteiger partial charge in [-0.2, -0.15) is 11.8 Å². The molecule has 0 saturated carbocycles. The van der Waals surface area contributed by atoms with Gasteiger partial charge in [0, 0.05) is 6.42 Å². The van der Waals surface area contributed by atoms with Gasteiger partial charge >= 0.3 is 5.97 Å². The highest BCUT2D eigenvalue weighted by Crippen LogP contribution is 2.12. The van der Waals surface area contributed by atoms with E-state index in [-0.39, 0.29) is 24.5 Å². The predicted octanol–water partition coefficient (Wildman–Crippen LogP) is 0.232. The summed E-state index contributed by atoms with van der Waals surface area (Å²) in [4.78, 5) is 48.9. The summed E-state index contributed by atoms with van der Waals surface area (Å²) in [5, 5.41) is 25.9. The smallest absolute Gasteiger partial charge is 0.322 e. The Hall–Kier alpha value is -2.79. The average molecular weight is 483 g/mol. The Kier molecular flexibility index (Phi) is 12.3. The van der Waals surface area contributed by atoms with E-state index in [9.17, 15) is 24.3 Å². The van der Waals surface area contributed by atoms with Crippen LogP contribution in [0, 0.1) is 5.92 Å². The fraction of sp³-hybridized carbons (Fsp3) is 0.545. The molecule has 11 heteroatoms. The fourth-order valence-electron chi connectivity index (χ4n) is 3.03. The van der Waals surface area contributed by atoms with Gasteiger partial charge in [-0.05, 0) is 48.5 Å². The number of nitrogens with two attached hydrogens (primary N) is 1. The first-order chi connectivity index (χ1) is 15.5. The standard InChI is InChI=1S/C22H34N4O6S/c1-13(2)10-16(23)20(30)26-18(11-14-4-6-15(27)7-5-14)22(32)25-17(8-9-33-3)21(31)24-12-19(28)29/h4-7,13,16-18,27H,8-12,23H2,1-3H3,(H,24,31)(H,25,32)(H,26,30)(H,28,29). The Balaban J connectivity index is 3.02. The van der Waals surface area contributed by atoms with Gasteiger partial charge in [-0.15, -0.1) is 0 Å². The number of carboxylic acid groups (broad SMARTS) is 1. The molecule has 0 aliphatic heterocycles. The number of carbonyl (C=O) groups is 4. The summed E-state index contributed by atoms with van der Waals surface area (Å²) in [6.07, 6.45) is 2.68. The molecule has 33 heavy (non-hydrogen) atoms. The van der Waals surface area contributed by atoms with E-state index in [1.807, 2.05) is 20.1 Å². The van der Waals surface area contributed by atoms with Crippen LogP contribution in [0.4, 0.5) is 0 Å². The number of amides is 3. The van der Waals surface area contributed by atoms with Gasteiger partial charge in [0.1, 0.15) is 24.4 Å². The Labute approximate surface area is 198 Å². The number of aliphatic carboxylic acids is 1. The summed E-state index contributed by atoms with van der Waals surface area (Å²) >= 11 is 1.47. The summed E-state index contributed by atoms with van der Waals surface area (Å²) in [7, 11) is 0.